The summed E-state index contributed by atoms with van der Waals surface area (Å²) >= 11 is 1.65. The summed E-state index contributed by atoms with van der Waals surface area (Å²) in [4.78, 5) is 26.3. The minimum atomic E-state index is -0.519. The van der Waals surface area contributed by atoms with Crippen molar-refractivity contribution in [1.82, 2.24) is 0 Å². The maximum absolute atomic E-state index is 14.3. The van der Waals surface area contributed by atoms with Crippen LogP contribution in [-0.4, -0.2) is 24.6 Å². The highest BCUT2D eigenvalue weighted by Gasteiger charge is 2.24. The number of benzene rings is 2. The van der Waals surface area contributed by atoms with E-state index in [1.54, 1.807) is 23.9 Å². The molecule has 2 aromatic carbocycles. The van der Waals surface area contributed by atoms with Crippen molar-refractivity contribution in [3.63, 3.8) is 0 Å². The van der Waals surface area contributed by atoms with Crippen molar-refractivity contribution >= 4 is 41.0 Å². The summed E-state index contributed by atoms with van der Waals surface area (Å²) in [6.07, 6.45) is 6.29. The number of nitrogens with zero attached hydrogens (tertiary/aromatic N) is 1. The molecule has 1 aliphatic rings. The van der Waals surface area contributed by atoms with Crippen molar-refractivity contribution in [2.24, 2.45) is 0 Å². The fourth-order valence-corrected chi connectivity index (χ4v) is 3.19. The normalized spacial score (nSPS) is 14.2. The topological polar surface area (TPSA) is 49.4 Å². The monoisotopic (exact) mass is 370 g/mol. The van der Waals surface area contributed by atoms with E-state index in [2.05, 4.69) is 5.32 Å². The number of hydrogen-bond acceptors (Lipinski definition) is 3. The zero-order chi connectivity index (χ0) is 18.5. The van der Waals surface area contributed by atoms with Gasteiger partial charge >= 0.3 is 0 Å². The van der Waals surface area contributed by atoms with Gasteiger partial charge in [0.15, 0.2) is 0 Å². The van der Waals surface area contributed by atoms with Gasteiger partial charge in [-0.05, 0) is 54.6 Å². The van der Waals surface area contributed by atoms with Gasteiger partial charge in [-0.25, -0.2) is 4.39 Å². The molecule has 2 amide bonds. The summed E-state index contributed by atoms with van der Waals surface area (Å²) in [5.74, 6) is -0.936. The van der Waals surface area contributed by atoms with Crippen molar-refractivity contribution in [2.45, 2.75) is 17.7 Å². The molecule has 1 fully saturated rings. The molecule has 1 aliphatic heterocycles. The lowest BCUT2D eigenvalue weighted by Gasteiger charge is -2.17. The van der Waals surface area contributed by atoms with Crippen LogP contribution in [0.2, 0.25) is 0 Å². The van der Waals surface area contributed by atoms with Gasteiger partial charge < -0.3 is 10.2 Å². The van der Waals surface area contributed by atoms with Gasteiger partial charge in [0, 0.05) is 29.6 Å². The molecule has 3 rings (SSSR count). The first-order valence-electron chi connectivity index (χ1n) is 8.30. The third kappa shape index (κ3) is 4.32. The average molecular weight is 370 g/mol. The van der Waals surface area contributed by atoms with Gasteiger partial charge in [0.1, 0.15) is 5.82 Å². The molecule has 134 valence electrons. The van der Waals surface area contributed by atoms with Gasteiger partial charge in [-0.1, -0.05) is 12.1 Å². The molecule has 6 heteroatoms. The minimum absolute atomic E-state index is 0.0730. The second kappa shape index (κ2) is 8.19. The van der Waals surface area contributed by atoms with Gasteiger partial charge in [0.05, 0.1) is 5.69 Å². The summed E-state index contributed by atoms with van der Waals surface area (Å²) in [6.45, 7) is 0.527. The van der Waals surface area contributed by atoms with Gasteiger partial charge in [-0.3, -0.25) is 9.59 Å². The Labute approximate surface area is 156 Å². The molecule has 0 spiro atoms. The fraction of sp³-hybridized carbons (Fsp3) is 0.200. The number of halogens is 1. The van der Waals surface area contributed by atoms with E-state index >= 15 is 0 Å². The van der Waals surface area contributed by atoms with Crippen molar-refractivity contribution < 1.29 is 14.0 Å². The van der Waals surface area contributed by atoms with Gasteiger partial charge in [-0.15, -0.1) is 11.8 Å². The van der Waals surface area contributed by atoms with Crippen LogP contribution in [0, 0.1) is 5.82 Å². The maximum Gasteiger partial charge on any atom is 0.248 e. The number of carbonyl (C=O) groups is 2. The van der Waals surface area contributed by atoms with E-state index in [1.165, 1.54) is 23.1 Å². The zero-order valence-corrected chi connectivity index (χ0v) is 15.2. The predicted molar refractivity (Wildman–Crippen MR) is 104 cm³/mol. The van der Waals surface area contributed by atoms with Crippen molar-refractivity contribution in [3.05, 3.63) is 59.9 Å². The Morgan fingerprint density at radius 2 is 2.00 bits per heavy atom. The summed E-state index contributed by atoms with van der Waals surface area (Å²) in [6, 6.07) is 12.2. The quantitative estimate of drug-likeness (QED) is 0.630. The summed E-state index contributed by atoms with van der Waals surface area (Å²) in [5.41, 5.74) is 1.52. The van der Waals surface area contributed by atoms with Crippen LogP contribution in [0.1, 0.15) is 18.4 Å². The predicted octanol–water partition coefficient (Wildman–Crippen LogP) is 4.33. The molecular formula is C20H19FN2O2S. The van der Waals surface area contributed by atoms with Crippen LogP contribution in [0.3, 0.4) is 0 Å². The summed E-state index contributed by atoms with van der Waals surface area (Å²) < 4.78 is 14.3. The second-order valence-corrected chi connectivity index (χ2v) is 6.79. The van der Waals surface area contributed by atoms with Gasteiger partial charge in [0.25, 0.3) is 0 Å². The lowest BCUT2D eigenvalue weighted by atomic mass is 10.2. The summed E-state index contributed by atoms with van der Waals surface area (Å²) in [7, 11) is 0. The Kier molecular flexibility index (Phi) is 5.73. The molecule has 2 aromatic rings. The molecule has 1 heterocycles. The van der Waals surface area contributed by atoms with E-state index < -0.39 is 5.82 Å². The molecule has 0 aliphatic carbocycles. The molecule has 0 atom stereocenters. The van der Waals surface area contributed by atoms with Crippen LogP contribution in [0.25, 0.3) is 6.08 Å². The summed E-state index contributed by atoms with van der Waals surface area (Å²) in [5, 5.41) is 2.63. The second-order valence-electron chi connectivity index (χ2n) is 5.91. The standard InChI is InChI=1S/C20H19FN2O2S/c1-26-16-8-4-14(5-9-16)6-11-19(24)22-15-7-10-18(17(21)13-15)23-12-2-3-20(23)25/h4-11,13H,2-3,12H2,1H3,(H,22,24)/b11-6+. The first-order chi connectivity index (χ1) is 12.6. The number of nitrogens with one attached hydrogen (secondary N) is 1. The van der Waals surface area contributed by atoms with Crippen molar-refractivity contribution in [2.75, 3.05) is 23.0 Å². The molecule has 1 saturated heterocycles. The molecule has 0 unspecified atom stereocenters. The first-order valence-corrected chi connectivity index (χ1v) is 9.52. The van der Waals surface area contributed by atoms with E-state index in [0.29, 0.717) is 18.7 Å². The van der Waals surface area contributed by atoms with E-state index in [4.69, 9.17) is 0 Å². The molecule has 0 radical (unpaired) electrons. The fourth-order valence-electron chi connectivity index (χ4n) is 2.78. The van der Waals surface area contributed by atoms with E-state index in [1.807, 2.05) is 30.5 Å². The van der Waals surface area contributed by atoms with E-state index in [0.717, 1.165) is 16.9 Å². The molecule has 0 bridgehead atoms. The average Bonchev–Trinajstić information content (AvgIpc) is 3.06. The molecule has 0 saturated carbocycles. The van der Waals surface area contributed by atoms with Crippen LogP contribution >= 0.6 is 11.8 Å². The number of thioether (sulfide) groups is 1. The lowest BCUT2D eigenvalue weighted by molar-refractivity contribution is -0.117. The molecular weight excluding hydrogens is 351 g/mol. The van der Waals surface area contributed by atoms with Crippen LogP contribution in [0.4, 0.5) is 15.8 Å². The van der Waals surface area contributed by atoms with Gasteiger partial charge in [-0.2, -0.15) is 0 Å². The zero-order valence-electron chi connectivity index (χ0n) is 14.4. The van der Waals surface area contributed by atoms with Crippen LogP contribution in [0.15, 0.2) is 53.4 Å². The third-order valence-electron chi connectivity index (χ3n) is 4.12. The number of rotatable bonds is 5. The third-order valence-corrected chi connectivity index (χ3v) is 4.87. The smallest absolute Gasteiger partial charge is 0.248 e. The molecule has 0 aromatic heterocycles. The van der Waals surface area contributed by atoms with E-state index in [9.17, 15) is 14.0 Å². The SMILES string of the molecule is CSc1ccc(/C=C/C(=O)Nc2ccc(N3CCCC3=O)c(F)c2)cc1. The van der Waals surface area contributed by atoms with Crippen molar-refractivity contribution in [3.8, 4) is 0 Å². The molecule has 4 nitrogen and oxygen atoms in total. The Morgan fingerprint density at radius 3 is 2.62 bits per heavy atom. The number of hydrogen-bond donors (Lipinski definition) is 1. The Balaban J connectivity index is 1.64. The lowest BCUT2D eigenvalue weighted by Crippen LogP contribution is -2.24. The minimum Gasteiger partial charge on any atom is -0.322 e. The highest BCUT2D eigenvalue weighted by Crippen LogP contribution is 2.26. The van der Waals surface area contributed by atoms with Crippen LogP contribution in [0.5, 0.6) is 0 Å². The van der Waals surface area contributed by atoms with Crippen LogP contribution < -0.4 is 10.2 Å². The van der Waals surface area contributed by atoms with Crippen molar-refractivity contribution in [1.29, 1.82) is 0 Å². The number of anilines is 2. The molecule has 1 N–H and O–H groups in total. The Bertz CT molecular complexity index is 849. The maximum atomic E-state index is 14.3. The largest absolute Gasteiger partial charge is 0.322 e. The highest BCUT2D eigenvalue weighted by atomic mass is 32.2. The van der Waals surface area contributed by atoms with E-state index in [-0.39, 0.29) is 17.5 Å². The number of amides is 2. The Morgan fingerprint density at radius 1 is 1.23 bits per heavy atom. The molecule has 26 heavy (non-hydrogen) atoms. The Hall–Kier alpha value is -2.60. The highest BCUT2D eigenvalue weighted by molar-refractivity contribution is 7.98. The first kappa shape index (κ1) is 18.2. The number of carbonyl (C=O) groups excluding carboxylic acids is 2. The van der Waals surface area contributed by atoms with Crippen LogP contribution in [-0.2, 0) is 9.59 Å². The van der Waals surface area contributed by atoms with Gasteiger partial charge in [0.2, 0.25) is 11.8 Å².